The van der Waals surface area contributed by atoms with Crippen LogP contribution in [0.1, 0.15) is 36.7 Å². The van der Waals surface area contributed by atoms with Crippen molar-refractivity contribution in [3.8, 4) is 0 Å². The summed E-state index contributed by atoms with van der Waals surface area (Å²) < 4.78 is 1.25. The largest absolute Gasteiger partial charge is 0.345 e. The number of aryl methyl sites for hydroxylation is 1. The molecular formula is C23H27N3OS2. The van der Waals surface area contributed by atoms with Crippen LogP contribution in [0.3, 0.4) is 0 Å². The number of hydrogen-bond donors (Lipinski definition) is 0. The van der Waals surface area contributed by atoms with Crippen molar-refractivity contribution in [1.82, 2.24) is 9.88 Å². The molecule has 1 aromatic heterocycles. The highest BCUT2D eigenvalue weighted by Gasteiger charge is 2.24. The van der Waals surface area contributed by atoms with Gasteiger partial charge in [-0.2, -0.15) is 0 Å². The van der Waals surface area contributed by atoms with E-state index in [4.69, 9.17) is 4.98 Å². The molecule has 1 amide bonds. The molecule has 2 heterocycles. The number of amides is 1. The van der Waals surface area contributed by atoms with Gasteiger partial charge < -0.3 is 9.80 Å². The molecule has 0 bridgehead atoms. The Morgan fingerprint density at radius 2 is 1.93 bits per heavy atom. The standard InChI is InChI=1S/C23H27N3OS2/c1-4-17-8-9-20-21(14-17)29-23(24-20)26-12-10-25(11-13-26)22(27)18-6-5-7-19(15-18)28-16(2)3/h5-9,14-16H,4,10-13H2,1-3H3. The SMILES string of the molecule is CCc1ccc2nc(N3CCN(C(=O)c4cccc(SC(C)C)c4)CC3)sc2c1. The number of rotatable bonds is 5. The number of fused-ring (bicyclic) bond motifs is 1. The average Bonchev–Trinajstić information content (AvgIpc) is 3.16. The Morgan fingerprint density at radius 3 is 2.66 bits per heavy atom. The third-order valence-electron chi connectivity index (χ3n) is 5.14. The van der Waals surface area contributed by atoms with E-state index < -0.39 is 0 Å². The maximum atomic E-state index is 13.0. The number of benzene rings is 2. The Balaban J connectivity index is 1.42. The summed E-state index contributed by atoms with van der Waals surface area (Å²) >= 11 is 3.55. The van der Waals surface area contributed by atoms with Crippen LogP contribution in [0.4, 0.5) is 5.13 Å². The lowest BCUT2D eigenvalue weighted by Gasteiger charge is -2.34. The Morgan fingerprint density at radius 1 is 1.14 bits per heavy atom. The fourth-order valence-corrected chi connectivity index (χ4v) is 5.55. The molecule has 4 nitrogen and oxygen atoms in total. The highest BCUT2D eigenvalue weighted by molar-refractivity contribution is 7.99. The van der Waals surface area contributed by atoms with Gasteiger partial charge in [0.1, 0.15) is 0 Å². The second-order valence-corrected chi connectivity index (χ2v) is 10.3. The van der Waals surface area contributed by atoms with Gasteiger partial charge in [-0.1, -0.05) is 44.2 Å². The Kier molecular flexibility index (Phi) is 6.11. The van der Waals surface area contributed by atoms with E-state index in [9.17, 15) is 4.79 Å². The minimum Gasteiger partial charge on any atom is -0.345 e. The summed E-state index contributed by atoms with van der Waals surface area (Å²) in [5, 5.41) is 1.57. The first-order chi connectivity index (χ1) is 14.0. The fraction of sp³-hybridized carbons (Fsp3) is 0.391. The van der Waals surface area contributed by atoms with Gasteiger partial charge in [0.15, 0.2) is 5.13 Å². The van der Waals surface area contributed by atoms with E-state index in [1.807, 2.05) is 23.1 Å². The highest BCUT2D eigenvalue weighted by atomic mass is 32.2. The van der Waals surface area contributed by atoms with E-state index in [1.54, 1.807) is 23.1 Å². The second-order valence-electron chi connectivity index (χ2n) is 7.63. The van der Waals surface area contributed by atoms with Gasteiger partial charge in [-0.05, 0) is 42.3 Å². The van der Waals surface area contributed by atoms with Crippen LogP contribution in [-0.4, -0.2) is 47.2 Å². The Hall–Kier alpha value is -2.05. The predicted octanol–water partition coefficient (Wildman–Crippen LogP) is 5.32. The van der Waals surface area contributed by atoms with E-state index in [0.29, 0.717) is 5.25 Å². The zero-order valence-corrected chi connectivity index (χ0v) is 18.9. The number of aromatic nitrogens is 1. The van der Waals surface area contributed by atoms with E-state index in [2.05, 4.69) is 49.9 Å². The number of anilines is 1. The van der Waals surface area contributed by atoms with Gasteiger partial charge in [0.05, 0.1) is 10.2 Å². The monoisotopic (exact) mass is 425 g/mol. The zero-order valence-electron chi connectivity index (χ0n) is 17.2. The number of carbonyl (C=O) groups excluding carboxylic acids is 1. The van der Waals surface area contributed by atoms with Gasteiger partial charge in [0.2, 0.25) is 0 Å². The summed E-state index contributed by atoms with van der Waals surface area (Å²) in [6, 6.07) is 14.6. The Labute approximate surface area is 180 Å². The van der Waals surface area contributed by atoms with Crippen molar-refractivity contribution in [2.75, 3.05) is 31.1 Å². The van der Waals surface area contributed by atoms with Crippen molar-refractivity contribution in [2.24, 2.45) is 0 Å². The molecule has 1 aliphatic heterocycles. The van der Waals surface area contributed by atoms with Crippen molar-refractivity contribution in [2.45, 2.75) is 37.3 Å². The molecule has 1 saturated heterocycles. The van der Waals surface area contributed by atoms with Crippen molar-refractivity contribution < 1.29 is 4.79 Å². The first-order valence-electron chi connectivity index (χ1n) is 10.2. The molecule has 29 heavy (non-hydrogen) atoms. The van der Waals surface area contributed by atoms with E-state index >= 15 is 0 Å². The smallest absolute Gasteiger partial charge is 0.254 e. The van der Waals surface area contributed by atoms with Crippen LogP contribution in [0, 0.1) is 0 Å². The summed E-state index contributed by atoms with van der Waals surface area (Å²) in [5.41, 5.74) is 3.21. The lowest BCUT2D eigenvalue weighted by molar-refractivity contribution is 0.0746. The zero-order chi connectivity index (χ0) is 20.4. The third-order valence-corrected chi connectivity index (χ3v) is 7.22. The maximum absolute atomic E-state index is 13.0. The molecule has 0 radical (unpaired) electrons. The second kappa shape index (κ2) is 8.76. The lowest BCUT2D eigenvalue weighted by atomic mass is 10.2. The van der Waals surface area contributed by atoms with Gasteiger partial charge in [0, 0.05) is 41.9 Å². The molecule has 0 spiro atoms. The molecule has 0 atom stereocenters. The molecule has 152 valence electrons. The van der Waals surface area contributed by atoms with Crippen LogP contribution in [0.5, 0.6) is 0 Å². The number of hydrogen-bond acceptors (Lipinski definition) is 5. The predicted molar refractivity (Wildman–Crippen MR) is 125 cm³/mol. The number of nitrogens with zero attached hydrogens (tertiary/aromatic N) is 3. The van der Waals surface area contributed by atoms with Crippen LogP contribution >= 0.6 is 23.1 Å². The molecule has 0 saturated carbocycles. The van der Waals surface area contributed by atoms with Gasteiger partial charge in [-0.15, -0.1) is 11.8 Å². The minimum atomic E-state index is 0.132. The normalized spacial score (nSPS) is 14.8. The number of piperazine rings is 1. The van der Waals surface area contributed by atoms with Crippen LogP contribution in [0.15, 0.2) is 47.4 Å². The molecule has 0 aliphatic carbocycles. The highest BCUT2D eigenvalue weighted by Crippen LogP contribution is 2.30. The van der Waals surface area contributed by atoms with E-state index in [-0.39, 0.29) is 5.91 Å². The van der Waals surface area contributed by atoms with Crippen molar-refractivity contribution in [1.29, 1.82) is 0 Å². The van der Waals surface area contributed by atoms with Crippen LogP contribution in [0.2, 0.25) is 0 Å². The van der Waals surface area contributed by atoms with Crippen molar-refractivity contribution >= 4 is 44.4 Å². The van der Waals surface area contributed by atoms with Crippen LogP contribution in [0.25, 0.3) is 10.2 Å². The molecule has 2 aromatic carbocycles. The number of thioether (sulfide) groups is 1. The van der Waals surface area contributed by atoms with Crippen molar-refractivity contribution in [3.63, 3.8) is 0 Å². The lowest BCUT2D eigenvalue weighted by Crippen LogP contribution is -2.48. The molecule has 4 rings (SSSR count). The number of carbonyl (C=O) groups is 1. The summed E-state index contributed by atoms with van der Waals surface area (Å²) in [7, 11) is 0. The third kappa shape index (κ3) is 4.59. The molecule has 1 fully saturated rings. The summed E-state index contributed by atoms with van der Waals surface area (Å²) in [6.45, 7) is 9.63. The average molecular weight is 426 g/mol. The molecule has 1 aliphatic rings. The summed E-state index contributed by atoms with van der Waals surface area (Å²) in [4.78, 5) is 23.2. The summed E-state index contributed by atoms with van der Waals surface area (Å²) in [6.07, 6.45) is 1.04. The van der Waals surface area contributed by atoms with Crippen molar-refractivity contribution in [3.05, 3.63) is 53.6 Å². The number of thiazole rings is 1. The van der Waals surface area contributed by atoms with E-state index in [1.165, 1.54) is 10.3 Å². The first kappa shape index (κ1) is 20.2. The topological polar surface area (TPSA) is 36.4 Å². The van der Waals surface area contributed by atoms with Crippen LogP contribution in [-0.2, 0) is 6.42 Å². The van der Waals surface area contributed by atoms with Gasteiger partial charge in [-0.25, -0.2) is 4.98 Å². The Bertz CT molecular complexity index is 1010. The van der Waals surface area contributed by atoms with E-state index in [0.717, 1.165) is 53.7 Å². The quantitative estimate of drug-likeness (QED) is 0.518. The van der Waals surface area contributed by atoms with Gasteiger partial charge in [-0.3, -0.25) is 4.79 Å². The maximum Gasteiger partial charge on any atom is 0.254 e. The van der Waals surface area contributed by atoms with Crippen LogP contribution < -0.4 is 4.90 Å². The molecular weight excluding hydrogens is 398 g/mol. The minimum absolute atomic E-state index is 0.132. The van der Waals surface area contributed by atoms with Gasteiger partial charge >= 0.3 is 0 Å². The first-order valence-corrected chi connectivity index (χ1v) is 11.9. The fourth-order valence-electron chi connectivity index (χ4n) is 3.57. The van der Waals surface area contributed by atoms with Gasteiger partial charge in [0.25, 0.3) is 5.91 Å². The summed E-state index contributed by atoms with van der Waals surface area (Å²) in [5.74, 6) is 0.132. The molecule has 6 heteroatoms. The molecule has 0 N–H and O–H groups in total. The molecule has 3 aromatic rings. The molecule has 0 unspecified atom stereocenters.